The van der Waals surface area contributed by atoms with Crippen molar-refractivity contribution in [3.05, 3.63) is 0 Å². The predicted octanol–water partition coefficient (Wildman–Crippen LogP) is 0.901. The number of urea groups is 1. The van der Waals surface area contributed by atoms with E-state index in [1.807, 2.05) is 0 Å². The van der Waals surface area contributed by atoms with Crippen LogP contribution in [0.2, 0.25) is 0 Å². The van der Waals surface area contributed by atoms with Gasteiger partial charge in [0.25, 0.3) is 0 Å². The van der Waals surface area contributed by atoms with E-state index in [1.54, 1.807) is 20.9 Å². The molecule has 0 rings (SSSR count). The molecule has 0 aromatic carbocycles. The van der Waals surface area contributed by atoms with E-state index in [2.05, 4.69) is 5.32 Å². The highest BCUT2D eigenvalue weighted by Crippen LogP contribution is 2.25. The average molecular weight is 260 g/mol. The first-order valence-corrected chi connectivity index (χ1v) is 6.26. The molecule has 0 radical (unpaired) electrons. The number of aliphatic hydroxyl groups excluding tert-OH is 1. The predicted molar refractivity (Wildman–Crippen MR) is 68.4 cm³/mol. The Labute approximate surface area is 108 Å². The first-order valence-electron chi connectivity index (χ1n) is 6.26. The molecule has 18 heavy (non-hydrogen) atoms. The number of carboxylic acid groups (broad SMARTS) is 1. The van der Waals surface area contributed by atoms with Gasteiger partial charge in [-0.25, -0.2) is 4.79 Å². The van der Waals surface area contributed by atoms with Crippen LogP contribution in [-0.4, -0.2) is 53.9 Å². The third-order valence-electron chi connectivity index (χ3n) is 3.38. The van der Waals surface area contributed by atoms with Crippen LogP contribution in [0.3, 0.4) is 0 Å². The van der Waals surface area contributed by atoms with Gasteiger partial charge in [0.05, 0.1) is 5.41 Å². The Bertz CT molecular complexity index is 277. The molecule has 106 valence electrons. The van der Waals surface area contributed by atoms with E-state index in [4.69, 9.17) is 5.11 Å². The minimum absolute atomic E-state index is 0.0284. The first kappa shape index (κ1) is 16.7. The van der Waals surface area contributed by atoms with Gasteiger partial charge in [-0.1, -0.05) is 13.8 Å². The lowest BCUT2D eigenvalue weighted by atomic mass is 9.82. The minimum Gasteiger partial charge on any atom is -0.481 e. The molecule has 0 fully saturated rings. The Morgan fingerprint density at radius 3 is 2.22 bits per heavy atom. The van der Waals surface area contributed by atoms with Gasteiger partial charge in [-0.05, 0) is 19.3 Å². The Hall–Kier alpha value is -1.30. The molecule has 0 saturated heterocycles. The smallest absolute Gasteiger partial charge is 0.317 e. The molecule has 0 atom stereocenters. The van der Waals surface area contributed by atoms with Crippen LogP contribution in [0.5, 0.6) is 0 Å². The SMILES string of the molecule is CCC(CC)(CNC(=O)N(C)CCCO)C(=O)O. The van der Waals surface area contributed by atoms with Crippen molar-refractivity contribution in [1.29, 1.82) is 0 Å². The van der Waals surface area contributed by atoms with Crippen molar-refractivity contribution in [2.75, 3.05) is 26.7 Å². The first-order chi connectivity index (χ1) is 8.43. The van der Waals surface area contributed by atoms with E-state index in [-0.39, 0.29) is 19.2 Å². The zero-order valence-electron chi connectivity index (χ0n) is 11.4. The maximum Gasteiger partial charge on any atom is 0.317 e. The van der Waals surface area contributed by atoms with Crippen molar-refractivity contribution in [3.8, 4) is 0 Å². The van der Waals surface area contributed by atoms with Gasteiger partial charge in [0.1, 0.15) is 0 Å². The molecule has 0 aromatic heterocycles. The molecule has 0 aliphatic heterocycles. The summed E-state index contributed by atoms with van der Waals surface area (Å²) in [6.45, 7) is 4.21. The molecular formula is C12H24N2O4. The zero-order chi connectivity index (χ0) is 14.2. The summed E-state index contributed by atoms with van der Waals surface area (Å²) < 4.78 is 0. The lowest BCUT2D eigenvalue weighted by molar-refractivity contribution is -0.149. The Morgan fingerprint density at radius 2 is 1.83 bits per heavy atom. The number of carbonyl (C=O) groups is 2. The van der Waals surface area contributed by atoms with E-state index >= 15 is 0 Å². The molecule has 6 heteroatoms. The molecule has 0 bridgehead atoms. The number of carbonyl (C=O) groups excluding carboxylic acids is 1. The molecule has 0 aromatic rings. The number of carboxylic acids is 1. The quantitative estimate of drug-likeness (QED) is 0.605. The Morgan fingerprint density at radius 1 is 1.28 bits per heavy atom. The summed E-state index contributed by atoms with van der Waals surface area (Å²) in [5.41, 5.74) is -0.895. The average Bonchev–Trinajstić information content (AvgIpc) is 2.36. The normalized spacial score (nSPS) is 11.1. The van der Waals surface area contributed by atoms with Gasteiger partial charge in [0.2, 0.25) is 0 Å². The second kappa shape index (κ2) is 7.92. The fraction of sp³-hybridized carbons (Fsp3) is 0.833. The Kier molecular flexibility index (Phi) is 7.35. The second-order valence-electron chi connectivity index (χ2n) is 4.45. The fourth-order valence-electron chi connectivity index (χ4n) is 1.67. The standard InChI is InChI=1S/C12H24N2O4/c1-4-12(5-2,10(16)17)9-13-11(18)14(3)7-6-8-15/h15H,4-9H2,1-3H3,(H,13,18)(H,16,17). The molecule has 0 heterocycles. The number of hydrogen-bond acceptors (Lipinski definition) is 3. The summed E-state index contributed by atoms with van der Waals surface area (Å²) in [6.07, 6.45) is 1.45. The summed E-state index contributed by atoms with van der Waals surface area (Å²) in [7, 11) is 1.62. The highest BCUT2D eigenvalue weighted by Gasteiger charge is 2.35. The molecule has 6 nitrogen and oxygen atoms in total. The lowest BCUT2D eigenvalue weighted by Gasteiger charge is -2.28. The molecular weight excluding hydrogens is 236 g/mol. The van der Waals surface area contributed by atoms with Crippen molar-refractivity contribution in [3.63, 3.8) is 0 Å². The van der Waals surface area contributed by atoms with Gasteiger partial charge >= 0.3 is 12.0 Å². The van der Waals surface area contributed by atoms with Gasteiger partial charge < -0.3 is 20.4 Å². The summed E-state index contributed by atoms with van der Waals surface area (Å²) in [5.74, 6) is -0.884. The largest absolute Gasteiger partial charge is 0.481 e. The summed E-state index contributed by atoms with van der Waals surface area (Å²) >= 11 is 0. The zero-order valence-corrected chi connectivity index (χ0v) is 11.4. The van der Waals surface area contributed by atoms with Gasteiger partial charge in [-0.3, -0.25) is 4.79 Å². The number of aliphatic hydroxyl groups is 1. The molecule has 2 amide bonds. The van der Waals surface area contributed by atoms with Crippen LogP contribution >= 0.6 is 0 Å². The number of rotatable bonds is 8. The molecule has 0 spiro atoms. The van der Waals surface area contributed by atoms with Crippen molar-refractivity contribution in [1.82, 2.24) is 10.2 Å². The van der Waals surface area contributed by atoms with E-state index in [1.165, 1.54) is 4.90 Å². The van der Waals surface area contributed by atoms with Crippen LogP contribution in [0.25, 0.3) is 0 Å². The number of nitrogens with zero attached hydrogens (tertiary/aromatic N) is 1. The number of aliphatic carboxylic acids is 1. The van der Waals surface area contributed by atoms with Crippen LogP contribution in [-0.2, 0) is 4.79 Å². The molecule has 0 aliphatic carbocycles. The second-order valence-corrected chi connectivity index (χ2v) is 4.45. The van der Waals surface area contributed by atoms with Crippen molar-refractivity contribution in [2.24, 2.45) is 5.41 Å². The Balaban J connectivity index is 4.36. The van der Waals surface area contributed by atoms with Gasteiger partial charge in [0, 0.05) is 26.7 Å². The summed E-state index contributed by atoms with van der Waals surface area (Å²) in [5, 5.41) is 20.5. The maximum atomic E-state index is 11.7. The van der Waals surface area contributed by atoms with Crippen LogP contribution in [0, 0.1) is 5.41 Å². The van der Waals surface area contributed by atoms with E-state index < -0.39 is 11.4 Å². The van der Waals surface area contributed by atoms with E-state index in [0.717, 1.165) is 0 Å². The highest BCUT2D eigenvalue weighted by atomic mass is 16.4. The number of nitrogens with one attached hydrogen (secondary N) is 1. The van der Waals surface area contributed by atoms with Crippen molar-refractivity contribution < 1.29 is 19.8 Å². The molecule has 0 saturated carbocycles. The van der Waals surface area contributed by atoms with Crippen molar-refractivity contribution >= 4 is 12.0 Å². The maximum absolute atomic E-state index is 11.7. The highest BCUT2D eigenvalue weighted by molar-refractivity contribution is 5.78. The fourth-order valence-corrected chi connectivity index (χ4v) is 1.67. The van der Waals surface area contributed by atoms with Gasteiger partial charge in [0.15, 0.2) is 0 Å². The topological polar surface area (TPSA) is 89.9 Å². The number of hydrogen-bond donors (Lipinski definition) is 3. The molecule has 3 N–H and O–H groups in total. The van der Waals surface area contributed by atoms with E-state index in [0.29, 0.717) is 25.8 Å². The van der Waals surface area contributed by atoms with Crippen LogP contribution in [0.15, 0.2) is 0 Å². The third-order valence-corrected chi connectivity index (χ3v) is 3.38. The lowest BCUT2D eigenvalue weighted by Crippen LogP contribution is -2.46. The number of amides is 2. The minimum atomic E-state index is -0.895. The van der Waals surface area contributed by atoms with Crippen LogP contribution in [0.1, 0.15) is 33.1 Å². The third kappa shape index (κ3) is 4.52. The van der Waals surface area contributed by atoms with Crippen LogP contribution < -0.4 is 5.32 Å². The van der Waals surface area contributed by atoms with E-state index in [9.17, 15) is 14.7 Å². The van der Waals surface area contributed by atoms with Crippen LogP contribution in [0.4, 0.5) is 4.79 Å². The van der Waals surface area contributed by atoms with Gasteiger partial charge in [-0.2, -0.15) is 0 Å². The molecule has 0 unspecified atom stereocenters. The molecule has 0 aliphatic rings. The monoisotopic (exact) mass is 260 g/mol. The van der Waals surface area contributed by atoms with Crippen molar-refractivity contribution in [2.45, 2.75) is 33.1 Å². The van der Waals surface area contributed by atoms with Gasteiger partial charge in [-0.15, -0.1) is 0 Å². The summed E-state index contributed by atoms with van der Waals surface area (Å²) in [6, 6.07) is -0.309. The summed E-state index contributed by atoms with van der Waals surface area (Å²) in [4.78, 5) is 24.4.